The number of hydrogen-bond acceptors (Lipinski definition) is 6. The van der Waals surface area contributed by atoms with Crippen LogP contribution >= 0.6 is 11.8 Å². The van der Waals surface area contributed by atoms with Crippen LogP contribution in [0.5, 0.6) is 17.2 Å². The van der Waals surface area contributed by atoms with E-state index in [-0.39, 0.29) is 11.4 Å². The number of thioether (sulfide) groups is 1. The van der Waals surface area contributed by atoms with Crippen molar-refractivity contribution in [1.82, 2.24) is 4.31 Å². The van der Waals surface area contributed by atoms with Crippen LogP contribution in [0.15, 0.2) is 41.3 Å². The van der Waals surface area contributed by atoms with Gasteiger partial charge in [-0.15, -0.1) is 11.8 Å². The lowest BCUT2D eigenvalue weighted by molar-refractivity contribution is -0.137. The third-order valence-electron chi connectivity index (χ3n) is 4.64. The first-order valence-corrected chi connectivity index (χ1v) is 11.2. The number of halogens is 3. The van der Waals surface area contributed by atoms with Crippen LogP contribution in [0, 0.1) is 0 Å². The molecular weight excluding hydrogens is 443 g/mol. The molecule has 1 heterocycles. The van der Waals surface area contributed by atoms with E-state index < -0.39 is 27.1 Å². The quantitative estimate of drug-likeness (QED) is 0.641. The number of methoxy groups -OCH3 is 3. The van der Waals surface area contributed by atoms with Crippen molar-refractivity contribution in [3.05, 3.63) is 47.5 Å². The van der Waals surface area contributed by atoms with Gasteiger partial charge in [-0.2, -0.15) is 17.5 Å². The molecule has 2 aromatic rings. The van der Waals surface area contributed by atoms with E-state index in [0.717, 1.165) is 24.3 Å². The summed E-state index contributed by atoms with van der Waals surface area (Å²) in [5.74, 6) is 1.77. The van der Waals surface area contributed by atoms with Crippen molar-refractivity contribution in [3.8, 4) is 17.2 Å². The molecule has 1 saturated heterocycles. The zero-order valence-corrected chi connectivity index (χ0v) is 18.0. The zero-order chi connectivity index (χ0) is 22.1. The van der Waals surface area contributed by atoms with E-state index in [2.05, 4.69) is 0 Å². The normalized spacial score (nSPS) is 17.7. The summed E-state index contributed by atoms with van der Waals surface area (Å²) in [6, 6.07) is 6.74. The predicted molar refractivity (Wildman–Crippen MR) is 107 cm³/mol. The van der Waals surface area contributed by atoms with Crippen LogP contribution in [0.3, 0.4) is 0 Å². The van der Waals surface area contributed by atoms with E-state index in [9.17, 15) is 21.6 Å². The van der Waals surface area contributed by atoms with Crippen molar-refractivity contribution in [2.75, 3.05) is 33.6 Å². The molecule has 6 nitrogen and oxygen atoms in total. The molecule has 30 heavy (non-hydrogen) atoms. The number of sulfonamides is 1. The molecule has 1 aliphatic heterocycles. The summed E-state index contributed by atoms with van der Waals surface area (Å²) in [5.41, 5.74) is -0.344. The Morgan fingerprint density at radius 1 is 0.967 bits per heavy atom. The fourth-order valence-corrected chi connectivity index (χ4v) is 6.39. The summed E-state index contributed by atoms with van der Waals surface area (Å²) in [6.45, 7) is 0.205. The lowest BCUT2D eigenvalue weighted by atomic mass is 10.1. The van der Waals surface area contributed by atoms with Crippen molar-refractivity contribution in [2.45, 2.75) is 16.4 Å². The minimum Gasteiger partial charge on any atom is -0.496 e. The molecule has 0 amide bonds. The highest BCUT2D eigenvalue weighted by atomic mass is 32.2. The van der Waals surface area contributed by atoms with Gasteiger partial charge in [-0.1, -0.05) is 0 Å². The monoisotopic (exact) mass is 463 g/mol. The lowest BCUT2D eigenvalue weighted by Gasteiger charge is -2.26. The summed E-state index contributed by atoms with van der Waals surface area (Å²) in [5, 5.41) is -0.632. The number of ether oxygens (including phenoxy) is 3. The standard InChI is InChI=1S/C19H20F3NO5S2/c1-26-15-11-17(28-3)16(27-2)10-14(15)18-23(8-9-29-18)30(24,25)13-6-4-12(5-7-13)19(20,21)22/h4-7,10-11,18H,8-9H2,1-3H3. The van der Waals surface area contributed by atoms with Crippen LogP contribution in [-0.2, 0) is 16.2 Å². The highest BCUT2D eigenvalue weighted by molar-refractivity contribution is 8.01. The lowest BCUT2D eigenvalue weighted by Crippen LogP contribution is -2.30. The summed E-state index contributed by atoms with van der Waals surface area (Å²) in [7, 11) is 0.356. The van der Waals surface area contributed by atoms with Crippen molar-refractivity contribution in [1.29, 1.82) is 0 Å². The molecule has 0 radical (unpaired) electrons. The van der Waals surface area contributed by atoms with Crippen molar-refractivity contribution in [2.24, 2.45) is 0 Å². The van der Waals surface area contributed by atoms with Gasteiger partial charge in [0.05, 0.1) is 37.2 Å². The summed E-state index contributed by atoms with van der Waals surface area (Å²) in [4.78, 5) is -0.206. The van der Waals surface area contributed by atoms with Gasteiger partial charge < -0.3 is 14.2 Å². The Morgan fingerprint density at radius 3 is 2.07 bits per heavy atom. The Bertz CT molecular complexity index is 1010. The van der Waals surface area contributed by atoms with Crippen molar-refractivity contribution < 1.29 is 35.8 Å². The van der Waals surface area contributed by atoms with Gasteiger partial charge in [0.1, 0.15) is 5.75 Å². The van der Waals surface area contributed by atoms with E-state index in [1.54, 1.807) is 12.1 Å². The van der Waals surface area contributed by atoms with Gasteiger partial charge in [0.25, 0.3) is 0 Å². The Hall–Kier alpha value is -2.11. The van der Waals surface area contributed by atoms with E-state index in [0.29, 0.717) is 28.6 Å². The first kappa shape index (κ1) is 22.6. The Labute approximate surface area is 177 Å². The van der Waals surface area contributed by atoms with Crippen LogP contribution < -0.4 is 14.2 Å². The average molecular weight is 463 g/mol. The van der Waals surface area contributed by atoms with E-state index in [1.807, 2.05) is 0 Å². The summed E-state index contributed by atoms with van der Waals surface area (Å²) in [6.07, 6.45) is -4.54. The molecule has 2 aromatic carbocycles. The minimum absolute atomic E-state index is 0.205. The molecule has 1 unspecified atom stereocenters. The fraction of sp³-hybridized carbons (Fsp3) is 0.368. The molecule has 1 atom stereocenters. The van der Waals surface area contributed by atoms with Gasteiger partial charge in [0.15, 0.2) is 11.5 Å². The van der Waals surface area contributed by atoms with Gasteiger partial charge in [-0.3, -0.25) is 0 Å². The molecule has 1 fully saturated rings. The second-order valence-electron chi connectivity index (χ2n) is 6.31. The van der Waals surface area contributed by atoms with Crippen LogP contribution in [0.2, 0.25) is 0 Å². The first-order valence-electron chi connectivity index (χ1n) is 8.74. The Morgan fingerprint density at radius 2 is 1.53 bits per heavy atom. The van der Waals surface area contributed by atoms with Crippen molar-refractivity contribution in [3.63, 3.8) is 0 Å². The van der Waals surface area contributed by atoms with Crippen LogP contribution in [-0.4, -0.2) is 46.4 Å². The van der Waals surface area contributed by atoms with Gasteiger partial charge in [0.2, 0.25) is 10.0 Å². The van der Waals surface area contributed by atoms with Crippen LogP contribution in [0.1, 0.15) is 16.5 Å². The van der Waals surface area contributed by atoms with Crippen LogP contribution in [0.4, 0.5) is 13.2 Å². The number of benzene rings is 2. The molecule has 1 aliphatic rings. The molecule has 0 aromatic heterocycles. The maximum Gasteiger partial charge on any atom is 0.416 e. The van der Waals surface area contributed by atoms with E-state index in [1.165, 1.54) is 37.4 Å². The average Bonchev–Trinajstić information content (AvgIpc) is 3.22. The van der Waals surface area contributed by atoms with E-state index >= 15 is 0 Å². The zero-order valence-electron chi connectivity index (χ0n) is 16.4. The van der Waals surface area contributed by atoms with Gasteiger partial charge in [0, 0.05) is 23.9 Å². The molecule has 0 bridgehead atoms. The predicted octanol–water partition coefficient (Wildman–Crippen LogP) is 4.17. The highest BCUT2D eigenvalue weighted by Gasteiger charge is 2.39. The third-order valence-corrected chi connectivity index (χ3v) is 7.89. The third kappa shape index (κ3) is 4.19. The maximum atomic E-state index is 13.2. The van der Waals surface area contributed by atoms with Gasteiger partial charge >= 0.3 is 6.18 Å². The SMILES string of the molecule is COc1cc(OC)c(C2SCCN2S(=O)(=O)c2ccc(C(F)(F)F)cc2)cc1OC. The molecule has 0 N–H and O–H groups in total. The fourth-order valence-electron chi connectivity index (χ4n) is 3.14. The largest absolute Gasteiger partial charge is 0.496 e. The van der Waals surface area contributed by atoms with Gasteiger partial charge in [-0.25, -0.2) is 8.42 Å². The minimum atomic E-state index is -4.54. The molecule has 11 heteroatoms. The van der Waals surface area contributed by atoms with Crippen molar-refractivity contribution >= 4 is 21.8 Å². The molecule has 0 aliphatic carbocycles. The molecular formula is C19H20F3NO5S2. The molecule has 0 spiro atoms. The van der Waals surface area contributed by atoms with E-state index in [4.69, 9.17) is 14.2 Å². The van der Waals surface area contributed by atoms with Crippen LogP contribution in [0.25, 0.3) is 0 Å². The van der Waals surface area contributed by atoms with Gasteiger partial charge in [-0.05, 0) is 30.3 Å². The summed E-state index contributed by atoms with van der Waals surface area (Å²) >= 11 is 1.39. The second kappa shape index (κ2) is 8.56. The molecule has 164 valence electrons. The molecule has 0 saturated carbocycles. The summed E-state index contributed by atoms with van der Waals surface area (Å²) < 4.78 is 82.1. The number of rotatable bonds is 6. The number of nitrogens with zero attached hydrogens (tertiary/aromatic N) is 1. The Balaban J connectivity index is 2.01. The maximum absolute atomic E-state index is 13.2. The topological polar surface area (TPSA) is 65.1 Å². The Kier molecular flexibility index (Phi) is 6.44. The molecule has 3 rings (SSSR count). The first-order chi connectivity index (χ1) is 14.1. The smallest absolute Gasteiger partial charge is 0.416 e. The second-order valence-corrected chi connectivity index (χ2v) is 9.39. The number of alkyl halides is 3. The number of hydrogen-bond donors (Lipinski definition) is 0. The highest BCUT2D eigenvalue weighted by Crippen LogP contribution is 2.47.